The third-order valence-corrected chi connectivity index (χ3v) is 3.39. The second-order valence-corrected chi connectivity index (χ2v) is 5.67. The highest BCUT2D eigenvalue weighted by Crippen LogP contribution is 2.31. The summed E-state index contributed by atoms with van der Waals surface area (Å²) in [5, 5.41) is 2.65. The van der Waals surface area contributed by atoms with E-state index in [1.54, 1.807) is 12.1 Å². The average Bonchev–Trinajstić information content (AvgIpc) is 2.41. The summed E-state index contributed by atoms with van der Waals surface area (Å²) in [6.45, 7) is 2.41. The summed E-state index contributed by atoms with van der Waals surface area (Å²) < 4.78 is 11.1. The molecule has 1 amide bonds. The maximum absolute atomic E-state index is 11.8. The first-order valence-corrected chi connectivity index (χ1v) is 7.53. The molecule has 1 N–H and O–H groups in total. The third-order valence-electron chi connectivity index (χ3n) is 2.31. The molecule has 1 rings (SSSR count). The summed E-state index contributed by atoms with van der Waals surface area (Å²) in [5.74, 6) is -0.858. The van der Waals surface area contributed by atoms with Crippen molar-refractivity contribution in [1.29, 1.82) is 0 Å². The van der Waals surface area contributed by atoms with Crippen molar-refractivity contribution in [1.82, 2.24) is 0 Å². The van der Waals surface area contributed by atoms with Crippen molar-refractivity contribution in [3.05, 3.63) is 26.6 Å². The topological polar surface area (TPSA) is 64.6 Å². The first-order chi connectivity index (χ1) is 9.49. The molecule has 0 aliphatic carbocycles. The number of rotatable bonds is 6. The molecule has 0 saturated carbocycles. The molecule has 1 aromatic carbocycles. The van der Waals surface area contributed by atoms with E-state index < -0.39 is 5.97 Å². The number of methoxy groups -OCH3 is 1. The van der Waals surface area contributed by atoms with Crippen LogP contribution in [0.15, 0.2) is 21.1 Å². The number of esters is 1. The summed E-state index contributed by atoms with van der Waals surface area (Å²) in [4.78, 5) is 23.5. The van der Waals surface area contributed by atoms with Crippen molar-refractivity contribution in [2.24, 2.45) is 0 Å². The van der Waals surface area contributed by atoms with E-state index in [1.165, 1.54) is 7.11 Å². The molecule has 0 radical (unpaired) electrons. The molecule has 0 saturated heterocycles. The van der Waals surface area contributed by atoms with Gasteiger partial charge in [0.05, 0.1) is 18.4 Å². The number of ether oxygens (including phenoxy) is 2. The van der Waals surface area contributed by atoms with Gasteiger partial charge in [-0.05, 0) is 34.5 Å². The minimum absolute atomic E-state index is 0.0586. The predicted molar refractivity (Wildman–Crippen MR) is 82.9 cm³/mol. The molecule has 5 nitrogen and oxygen atoms in total. The summed E-state index contributed by atoms with van der Waals surface area (Å²) in [6.07, 6.45) is 0.836. The number of nitrogens with one attached hydrogen (secondary N) is 1. The van der Waals surface area contributed by atoms with Gasteiger partial charge in [-0.3, -0.25) is 4.79 Å². The van der Waals surface area contributed by atoms with E-state index in [-0.39, 0.29) is 18.1 Å². The van der Waals surface area contributed by atoms with Crippen molar-refractivity contribution in [2.75, 3.05) is 25.6 Å². The predicted octanol–water partition coefficient (Wildman–Crippen LogP) is 3.36. The molecular weight excluding hydrogens is 394 g/mol. The summed E-state index contributed by atoms with van der Waals surface area (Å²) in [5.41, 5.74) is 0.628. The SMILES string of the molecule is CCCOCC(=O)Nc1c(Br)cc(Br)cc1C(=O)OC. The molecule has 0 fully saturated rings. The van der Waals surface area contributed by atoms with Crippen molar-refractivity contribution < 1.29 is 19.1 Å². The largest absolute Gasteiger partial charge is 0.465 e. The summed E-state index contributed by atoms with van der Waals surface area (Å²) in [7, 11) is 1.28. The molecule has 110 valence electrons. The van der Waals surface area contributed by atoms with E-state index >= 15 is 0 Å². The minimum atomic E-state index is -0.531. The van der Waals surface area contributed by atoms with Crippen LogP contribution in [0.4, 0.5) is 5.69 Å². The Kier molecular flexibility index (Phi) is 7.18. The molecule has 0 bridgehead atoms. The van der Waals surface area contributed by atoms with Gasteiger partial charge in [-0.1, -0.05) is 22.9 Å². The maximum atomic E-state index is 11.8. The maximum Gasteiger partial charge on any atom is 0.340 e. The lowest BCUT2D eigenvalue weighted by Gasteiger charge is -2.12. The number of amides is 1. The van der Waals surface area contributed by atoms with Gasteiger partial charge >= 0.3 is 5.97 Å². The van der Waals surface area contributed by atoms with Crippen LogP contribution < -0.4 is 5.32 Å². The van der Waals surface area contributed by atoms with Crippen LogP contribution in [0.2, 0.25) is 0 Å². The van der Waals surface area contributed by atoms with Gasteiger partial charge in [-0.15, -0.1) is 0 Å². The van der Waals surface area contributed by atoms with E-state index in [9.17, 15) is 9.59 Å². The Hall–Kier alpha value is -0.920. The molecule has 0 spiro atoms. The summed E-state index contributed by atoms with van der Waals surface area (Å²) >= 11 is 6.60. The van der Waals surface area contributed by atoms with Gasteiger partial charge in [0.25, 0.3) is 0 Å². The normalized spacial score (nSPS) is 10.2. The minimum Gasteiger partial charge on any atom is -0.465 e. The first-order valence-electron chi connectivity index (χ1n) is 5.94. The molecule has 0 aliphatic rings. The summed E-state index contributed by atoms with van der Waals surface area (Å²) in [6, 6.07) is 3.31. The standard InChI is InChI=1S/C13H15Br2NO4/c1-3-4-20-7-11(17)16-12-9(13(18)19-2)5-8(14)6-10(12)15/h5-6H,3-4,7H2,1-2H3,(H,16,17). The van der Waals surface area contributed by atoms with Gasteiger partial charge in [0.15, 0.2) is 0 Å². The van der Waals surface area contributed by atoms with Crippen LogP contribution in [-0.4, -0.2) is 32.2 Å². The van der Waals surface area contributed by atoms with Gasteiger partial charge in [-0.2, -0.15) is 0 Å². The molecule has 1 aromatic rings. The second-order valence-electron chi connectivity index (χ2n) is 3.90. The van der Waals surface area contributed by atoms with Crippen molar-refractivity contribution in [2.45, 2.75) is 13.3 Å². The molecule has 0 atom stereocenters. The van der Waals surface area contributed by atoms with E-state index in [2.05, 4.69) is 37.2 Å². The van der Waals surface area contributed by atoms with Gasteiger partial charge < -0.3 is 14.8 Å². The van der Waals surface area contributed by atoms with Crippen molar-refractivity contribution in [3.8, 4) is 0 Å². The molecule has 7 heteroatoms. The first kappa shape index (κ1) is 17.1. The average molecular weight is 409 g/mol. The van der Waals surface area contributed by atoms with Crippen LogP contribution >= 0.6 is 31.9 Å². The Morgan fingerprint density at radius 3 is 2.60 bits per heavy atom. The second kappa shape index (κ2) is 8.39. The van der Waals surface area contributed by atoms with E-state index in [1.807, 2.05) is 6.92 Å². The zero-order valence-electron chi connectivity index (χ0n) is 11.2. The molecular formula is C13H15Br2NO4. The van der Waals surface area contributed by atoms with Crippen LogP contribution in [0.3, 0.4) is 0 Å². The lowest BCUT2D eigenvalue weighted by Crippen LogP contribution is -2.21. The molecule has 0 heterocycles. The van der Waals surface area contributed by atoms with Gasteiger partial charge in [0.2, 0.25) is 5.91 Å². The fourth-order valence-corrected chi connectivity index (χ4v) is 2.78. The zero-order valence-corrected chi connectivity index (χ0v) is 14.3. The van der Waals surface area contributed by atoms with Crippen molar-refractivity contribution >= 4 is 49.4 Å². The number of hydrogen-bond acceptors (Lipinski definition) is 4. The van der Waals surface area contributed by atoms with E-state index in [4.69, 9.17) is 9.47 Å². The quantitative estimate of drug-likeness (QED) is 0.578. The Morgan fingerprint density at radius 1 is 1.30 bits per heavy atom. The number of carbonyl (C=O) groups is 2. The zero-order chi connectivity index (χ0) is 15.1. The number of halogens is 2. The van der Waals surface area contributed by atoms with Crippen molar-refractivity contribution in [3.63, 3.8) is 0 Å². The highest BCUT2D eigenvalue weighted by molar-refractivity contribution is 9.11. The molecule has 0 unspecified atom stereocenters. The fraction of sp³-hybridized carbons (Fsp3) is 0.385. The molecule has 0 aliphatic heterocycles. The van der Waals surface area contributed by atoms with Gasteiger partial charge in [0.1, 0.15) is 6.61 Å². The lowest BCUT2D eigenvalue weighted by molar-refractivity contribution is -0.120. The highest BCUT2D eigenvalue weighted by atomic mass is 79.9. The van der Waals surface area contributed by atoms with Crippen LogP contribution in [0.25, 0.3) is 0 Å². The number of hydrogen-bond donors (Lipinski definition) is 1. The molecule has 0 aromatic heterocycles. The Labute approximate surface area is 134 Å². The Balaban J connectivity index is 2.93. The Morgan fingerprint density at radius 2 is 2.00 bits per heavy atom. The lowest BCUT2D eigenvalue weighted by atomic mass is 10.2. The van der Waals surface area contributed by atoms with Crippen LogP contribution in [0.1, 0.15) is 23.7 Å². The van der Waals surface area contributed by atoms with Crippen LogP contribution in [-0.2, 0) is 14.3 Å². The number of anilines is 1. The smallest absolute Gasteiger partial charge is 0.340 e. The van der Waals surface area contributed by atoms with E-state index in [0.717, 1.165) is 6.42 Å². The van der Waals surface area contributed by atoms with Gasteiger partial charge in [-0.25, -0.2) is 4.79 Å². The molecule has 20 heavy (non-hydrogen) atoms. The number of carbonyl (C=O) groups excluding carboxylic acids is 2. The van der Waals surface area contributed by atoms with E-state index in [0.29, 0.717) is 21.2 Å². The Bertz CT molecular complexity index is 505. The third kappa shape index (κ3) is 4.88. The monoisotopic (exact) mass is 407 g/mol. The highest BCUT2D eigenvalue weighted by Gasteiger charge is 2.18. The number of benzene rings is 1. The van der Waals surface area contributed by atoms with Crippen LogP contribution in [0.5, 0.6) is 0 Å². The van der Waals surface area contributed by atoms with Crippen LogP contribution in [0, 0.1) is 0 Å². The van der Waals surface area contributed by atoms with Gasteiger partial charge in [0, 0.05) is 15.6 Å². The fourth-order valence-electron chi connectivity index (χ4n) is 1.46.